The lowest BCUT2D eigenvalue weighted by Crippen LogP contribution is -1.92. The first-order valence-corrected chi connectivity index (χ1v) is 21.2. The maximum absolute atomic E-state index is 6.96. The molecule has 13 aromatic rings. The van der Waals surface area contributed by atoms with E-state index in [1.165, 1.54) is 60.1 Å². The average molecular weight is 789 g/mol. The molecule has 0 aliphatic heterocycles. The highest BCUT2D eigenvalue weighted by molar-refractivity contribution is 6.25. The van der Waals surface area contributed by atoms with Gasteiger partial charge in [-0.05, 0) is 89.5 Å². The van der Waals surface area contributed by atoms with Crippen molar-refractivity contribution < 1.29 is 8.83 Å². The zero-order chi connectivity index (χ0) is 40.7. The molecule has 62 heavy (non-hydrogen) atoms. The Morgan fingerprint density at radius 2 is 0.661 bits per heavy atom. The minimum Gasteiger partial charge on any atom is -0.455 e. The second kappa shape index (κ2) is 13.7. The van der Waals surface area contributed by atoms with Gasteiger partial charge in [0.05, 0.1) is 0 Å². The Labute approximate surface area is 357 Å². The molecular weight excluding hydrogens is 753 g/mol. The molecule has 11 aromatic carbocycles. The first kappa shape index (κ1) is 34.6. The van der Waals surface area contributed by atoms with Crippen molar-refractivity contribution in [2.75, 3.05) is 0 Å². The molecular formula is C60H36O2. The van der Waals surface area contributed by atoms with E-state index in [2.05, 4.69) is 206 Å². The van der Waals surface area contributed by atoms with Crippen LogP contribution < -0.4 is 0 Å². The van der Waals surface area contributed by atoms with Crippen LogP contribution in [-0.2, 0) is 0 Å². The molecule has 0 saturated heterocycles. The fraction of sp³-hybridized carbons (Fsp3) is 0. The van der Waals surface area contributed by atoms with Gasteiger partial charge in [-0.15, -0.1) is 0 Å². The summed E-state index contributed by atoms with van der Waals surface area (Å²) in [5, 5.41) is 11.8. The molecule has 2 heterocycles. The third kappa shape index (κ3) is 5.23. The normalized spacial score (nSPS) is 11.9. The molecule has 0 atom stereocenters. The van der Waals surface area contributed by atoms with E-state index in [4.69, 9.17) is 8.83 Å². The lowest BCUT2D eigenvalue weighted by molar-refractivity contribution is 0.669. The number of furan rings is 2. The Kier molecular flexibility index (Phi) is 7.64. The predicted octanol–water partition coefficient (Wildman–Crippen LogP) is 17.3. The number of hydrogen-bond acceptors (Lipinski definition) is 2. The Bertz CT molecular complexity index is 3840. The van der Waals surface area contributed by atoms with Crippen LogP contribution in [0.4, 0.5) is 0 Å². The lowest BCUT2D eigenvalue weighted by atomic mass is 9.84. The van der Waals surface area contributed by atoms with E-state index in [1.54, 1.807) is 0 Å². The summed E-state index contributed by atoms with van der Waals surface area (Å²) < 4.78 is 13.4. The van der Waals surface area contributed by atoms with E-state index in [-0.39, 0.29) is 0 Å². The van der Waals surface area contributed by atoms with Gasteiger partial charge in [0.1, 0.15) is 22.3 Å². The van der Waals surface area contributed by atoms with Crippen LogP contribution in [0.2, 0.25) is 0 Å². The van der Waals surface area contributed by atoms with Gasteiger partial charge in [-0.25, -0.2) is 0 Å². The Hall–Kier alpha value is -8.20. The van der Waals surface area contributed by atoms with Crippen molar-refractivity contribution in [1.29, 1.82) is 0 Å². The van der Waals surface area contributed by atoms with Crippen LogP contribution >= 0.6 is 0 Å². The zero-order valence-corrected chi connectivity index (χ0v) is 33.6. The SMILES string of the molecule is c1ccc2c(-c3ccc(-c4c5ccccc5c(-c5ccc(-c6ccc(-c7cccc8c7oc7ccccc78)cc6)c6c5oc5ccccc56)c5ccccc45)cc3)cccc2c1. The molecule has 2 nitrogen and oxygen atoms in total. The fourth-order valence-corrected chi connectivity index (χ4v) is 10.1. The van der Waals surface area contributed by atoms with Crippen LogP contribution in [0.15, 0.2) is 227 Å². The Morgan fingerprint density at radius 3 is 1.35 bits per heavy atom. The number of fused-ring (bicyclic) bond motifs is 9. The highest BCUT2D eigenvalue weighted by Gasteiger charge is 2.23. The average Bonchev–Trinajstić information content (AvgIpc) is 3.93. The highest BCUT2D eigenvalue weighted by atomic mass is 16.3. The molecule has 0 N–H and O–H groups in total. The lowest BCUT2D eigenvalue weighted by Gasteiger charge is -2.18. The van der Waals surface area contributed by atoms with Crippen LogP contribution in [0.3, 0.4) is 0 Å². The first-order valence-electron chi connectivity index (χ1n) is 21.2. The van der Waals surface area contributed by atoms with Gasteiger partial charge in [-0.1, -0.05) is 200 Å². The van der Waals surface area contributed by atoms with Gasteiger partial charge in [-0.3, -0.25) is 0 Å². The van der Waals surface area contributed by atoms with Gasteiger partial charge in [0.25, 0.3) is 0 Å². The van der Waals surface area contributed by atoms with Gasteiger partial charge in [0.2, 0.25) is 0 Å². The van der Waals surface area contributed by atoms with Crippen LogP contribution in [-0.4, -0.2) is 0 Å². The highest BCUT2D eigenvalue weighted by Crippen LogP contribution is 2.49. The van der Waals surface area contributed by atoms with Crippen molar-refractivity contribution in [1.82, 2.24) is 0 Å². The molecule has 13 rings (SSSR count). The number of benzene rings is 11. The molecule has 0 unspecified atom stereocenters. The summed E-state index contributed by atoms with van der Waals surface area (Å²) in [7, 11) is 0. The van der Waals surface area contributed by atoms with E-state index in [1.807, 2.05) is 12.1 Å². The summed E-state index contributed by atoms with van der Waals surface area (Å²) in [4.78, 5) is 0. The second-order valence-electron chi connectivity index (χ2n) is 16.3. The summed E-state index contributed by atoms with van der Waals surface area (Å²) in [6.07, 6.45) is 0. The predicted molar refractivity (Wildman–Crippen MR) is 261 cm³/mol. The second-order valence-corrected chi connectivity index (χ2v) is 16.3. The summed E-state index contributed by atoms with van der Waals surface area (Å²) in [5.74, 6) is 0. The molecule has 288 valence electrons. The van der Waals surface area contributed by atoms with Crippen molar-refractivity contribution in [3.8, 4) is 55.6 Å². The number of rotatable bonds is 5. The summed E-state index contributed by atoms with van der Waals surface area (Å²) >= 11 is 0. The third-order valence-corrected chi connectivity index (χ3v) is 12.9. The summed E-state index contributed by atoms with van der Waals surface area (Å²) in [6.45, 7) is 0. The molecule has 0 aliphatic rings. The van der Waals surface area contributed by atoms with Gasteiger partial charge in [0, 0.05) is 38.2 Å². The van der Waals surface area contributed by atoms with Crippen LogP contribution in [0.1, 0.15) is 0 Å². The van der Waals surface area contributed by atoms with Crippen LogP contribution in [0, 0.1) is 0 Å². The monoisotopic (exact) mass is 788 g/mol. The Balaban J connectivity index is 0.978. The molecule has 2 heteroatoms. The van der Waals surface area contributed by atoms with Crippen molar-refractivity contribution in [3.05, 3.63) is 218 Å². The summed E-state index contributed by atoms with van der Waals surface area (Å²) in [5.41, 5.74) is 15.2. The molecule has 0 radical (unpaired) electrons. The molecule has 0 bridgehead atoms. The molecule has 0 saturated carbocycles. The van der Waals surface area contributed by atoms with Crippen LogP contribution in [0.5, 0.6) is 0 Å². The van der Waals surface area contributed by atoms with Crippen molar-refractivity contribution in [2.45, 2.75) is 0 Å². The van der Waals surface area contributed by atoms with E-state index < -0.39 is 0 Å². The molecule has 0 fully saturated rings. The van der Waals surface area contributed by atoms with E-state index in [0.717, 1.165) is 71.7 Å². The summed E-state index contributed by atoms with van der Waals surface area (Å²) in [6, 6.07) is 78.6. The zero-order valence-electron chi connectivity index (χ0n) is 33.6. The first-order chi connectivity index (χ1) is 30.8. The third-order valence-electron chi connectivity index (χ3n) is 12.9. The molecule has 2 aromatic heterocycles. The van der Waals surface area contributed by atoms with Gasteiger partial charge in [-0.2, -0.15) is 0 Å². The Morgan fingerprint density at radius 1 is 0.226 bits per heavy atom. The molecule has 0 aliphatic carbocycles. The smallest absolute Gasteiger partial charge is 0.143 e. The standard InChI is InChI=1S/C60H36O2/c1-2-15-42-37(13-1)14-11-22-43(42)38-31-33-41(34-32-38)56-47-17-3-5-19-49(47)57(50-20-6-4-18-48(50)56)53-36-35-44(58-52-21-8-10-26-55(52)62-60(53)58)39-27-29-40(30-28-39)45-23-12-24-51-46-16-7-9-25-54(46)61-59(45)51/h1-36H. The van der Waals surface area contributed by atoms with Gasteiger partial charge in [0.15, 0.2) is 0 Å². The van der Waals surface area contributed by atoms with Crippen LogP contribution in [0.25, 0.3) is 132 Å². The van der Waals surface area contributed by atoms with Gasteiger partial charge >= 0.3 is 0 Å². The number of para-hydroxylation sites is 3. The topological polar surface area (TPSA) is 26.3 Å². The maximum atomic E-state index is 6.96. The van der Waals surface area contributed by atoms with Crippen molar-refractivity contribution in [3.63, 3.8) is 0 Å². The number of hydrogen-bond donors (Lipinski definition) is 0. The maximum Gasteiger partial charge on any atom is 0.143 e. The van der Waals surface area contributed by atoms with Crippen molar-refractivity contribution in [2.24, 2.45) is 0 Å². The van der Waals surface area contributed by atoms with Gasteiger partial charge < -0.3 is 8.83 Å². The van der Waals surface area contributed by atoms with E-state index in [0.29, 0.717) is 0 Å². The van der Waals surface area contributed by atoms with E-state index in [9.17, 15) is 0 Å². The minimum absolute atomic E-state index is 0.876. The van der Waals surface area contributed by atoms with E-state index >= 15 is 0 Å². The largest absolute Gasteiger partial charge is 0.455 e. The van der Waals surface area contributed by atoms with Crippen molar-refractivity contribution >= 4 is 76.2 Å². The fourth-order valence-electron chi connectivity index (χ4n) is 10.1. The molecule has 0 amide bonds. The molecule has 0 spiro atoms. The quantitative estimate of drug-likeness (QED) is 0.162. The minimum atomic E-state index is 0.876.